The number of halogens is 3. The standard InChI is InChI=1S/C20H17F3N6O3S/c21-20(22,23)11-32-17-6-5-16(33(25,30)31)7-14(17)10-26-18-8-19(28-12-27-18)29-15-3-1-13(9-24)2-4-15/h1-8,12H,10-11H2,(H2,25,30,31)(H2,26,27,28,29). The topological polar surface area (TPSA) is 143 Å². The minimum absolute atomic E-state index is 0.107. The second-order valence-electron chi connectivity index (χ2n) is 6.67. The number of primary sulfonamides is 1. The van der Waals surface area contributed by atoms with Gasteiger partial charge in [-0.3, -0.25) is 0 Å². The maximum absolute atomic E-state index is 12.6. The average molecular weight is 478 g/mol. The third-order valence-electron chi connectivity index (χ3n) is 4.17. The van der Waals surface area contributed by atoms with E-state index >= 15 is 0 Å². The Hall–Kier alpha value is -3.89. The number of anilines is 3. The summed E-state index contributed by atoms with van der Waals surface area (Å²) < 4.78 is 65.8. The molecule has 3 aromatic rings. The van der Waals surface area contributed by atoms with Gasteiger partial charge in [-0.05, 0) is 42.5 Å². The van der Waals surface area contributed by atoms with Gasteiger partial charge in [0.15, 0.2) is 6.61 Å². The smallest absolute Gasteiger partial charge is 0.422 e. The summed E-state index contributed by atoms with van der Waals surface area (Å²) in [6.45, 7) is -1.65. The van der Waals surface area contributed by atoms with Crippen LogP contribution in [0.2, 0.25) is 0 Å². The Kier molecular flexibility index (Phi) is 7.00. The van der Waals surface area contributed by atoms with Crippen molar-refractivity contribution < 1.29 is 26.3 Å². The predicted octanol–water partition coefficient (Wildman–Crippen LogP) is 3.29. The summed E-state index contributed by atoms with van der Waals surface area (Å²) in [5, 5.41) is 19.9. The van der Waals surface area contributed by atoms with E-state index in [9.17, 15) is 21.6 Å². The molecule has 0 aliphatic rings. The summed E-state index contributed by atoms with van der Waals surface area (Å²) in [4.78, 5) is 7.85. The van der Waals surface area contributed by atoms with Gasteiger partial charge in [-0.1, -0.05) is 0 Å². The van der Waals surface area contributed by atoms with Gasteiger partial charge in [-0.25, -0.2) is 23.5 Å². The molecule has 172 valence electrons. The van der Waals surface area contributed by atoms with Crippen LogP contribution in [0, 0.1) is 11.3 Å². The first kappa shape index (κ1) is 23.8. The van der Waals surface area contributed by atoms with Crippen LogP contribution in [0.15, 0.2) is 59.8 Å². The Morgan fingerprint density at radius 3 is 2.39 bits per heavy atom. The summed E-state index contributed by atoms with van der Waals surface area (Å²) in [5.41, 5.74) is 1.30. The molecule has 1 heterocycles. The summed E-state index contributed by atoms with van der Waals surface area (Å²) in [5.74, 6) is 0.560. The van der Waals surface area contributed by atoms with Gasteiger partial charge in [0.2, 0.25) is 10.0 Å². The van der Waals surface area contributed by atoms with Gasteiger partial charge < -0.3 is 15.4 Å². The Bertz CT molecular complexity index is 1280. The first-order valence-electron chi connectivity index (χ1n) is 9.22. The molecule has 9 nitrogen and oxygen atoms in total. The number of nitriles is 1. The summed E-state index contributed by atoms with van der Waals surface area (Å²) in [7, 11) is -4.08. The van der Waals surface area contributed by atoms with Crippen molar-refractivity contribution in [1.82, 2.24) is 9.97 Å². The molecule has 0 aliphatic carbocycles. The van der Waals surface area contributed by atoms with Crippen LogP contribution in [0.4, 0.5) is 30.5 Å². The van der Waals surface area contributed by atoms with E-state index < -0.39 is 22.8 Å². The molecule has 0 atom stereocenters. The van der Waals surface area contributed by atoms with E-state index in [1.165, 1.54) is 12.4 Å². The summed E-state index contributed by atoms with van der Waals surface area (Å²) >= 11 is 0. The first-order valence-corrected chi connectivity index (χ1v) is 10.8. The maximum atomic E-state index is 12.6. The fourth-order valence-corrected chi connectivity index (χ4v) is 3.22. The minimum Gasteiger partial charge on any atom is -0.484 e. The lowest BCUT2D eigenvalue weighted by Crippen LogP contribution is -2.20. The molecule has 2 aromatic carbocycles. The molecule has 4 N–H and O–H groups in total. The van der Waals surface area contributed by atoms with Crippen molar-refractivity contribution in [2.24, 2.45) is 5.14 Å². The van der Waals surface area contributed by atoms with Crippen LogP contribution in [0.5, 0.6) is 5.75 Å². The van der Waals surface area contributed by atoms with Crippen molar-refractivity contribution in [3.05, 3.63) is 66.0 Å². The number of ether oxygens (including phenoxy) is 1. The fraction of sp³-hybridized carbons (Fsp3) is 0.150. The molecule has 0 bridgehead atoms. The van der Waals surface area contributed by atoms with E-state index in [2.05, 4.69) is 20.6 Å². The van der Waals surface area contributed by atoms with E-state index in [1.807, 2.05) is 6.07 Å². The average Bonchev–Trinajstić information content (AvgIpc) is 2.76. The van der Waals surface area contributed by atoms with Crippen LogP contribution >= 0.6 is 0 Å². The molecule has 1 aromatic heterocycles. The Balaban J connectivity index is 1.77. The van der Waals surface area contributed by atoms with E-state index in [1.54, 1.807) is 24.3 Å². The summed E-state index contributed by atoms with van der Waals surface area (Å²) in [6.07, 6.45) is -3.31. The molecule has 0 fully saturated rings. The van der Waals surface area contributed by atoms with E-state index in [-0.39, 0.29) is 22.8 Å². The number of aromatic nitrogens is 2. The minimum atomic E-state index is -4.57. The highest BCUT2D eigenvalue weighted by molar-refractivity contribution is 7.89. The number of nitrogens with zero attached hydrogens (tertiary/aromatic N) is 3. The monoisotopic (exact) mass is 478 g/mol. The molecular formula is C20H17F3N6O3S. The Morgan fingerprint density at radius 1 is 1.06 bits per heavy atom. The molecule has 33 heavy (non-hydrogen) atoms. The molecule has 0 amide bonds. The normalized spacial score (nSPS) is 11.5. The van der Waals surface area contributed by atoms with Crippen molar-refractivity contribution in [3.63, 3.8) is 0 Å². The number of hydrogen-bond acceptors (Lipinski definition) is 8. The van der Waals surface area contributed by atoms with Gasteiger partial charge in [0.05, 0.1) is 16.5 Å². The zero-order valence-electron chi connectivity index (χ0n) is 16.8. The van der Waals surface area contributed by atoms with Gasteiger partial charge in [-0.2, -0.15) is 18.4 Å². The molecule has 0 aliphatic heterocycles. The lowest BCUT2D eigenvalue weighted by Gasteiger charge is -2.15. The third-order valence-corrected chi connectivity index (χ3v) is 5.08. The molecule has 0 saturated heterocycles. The molecule has 0 spiro atoms. The maximum Gasteiger partial charge on any atom is 0.422 e. The second kappa shape index (κ2) is 9.72. The molecule has 0 radical (unpaired) electrons. The van der Waals surface area contributed by atoms with Crippen LogP contribution in [0.25, 0.3) is 0 Å². The number of nitrogens with one attached hydrogen (secondary N) is 2. The van der Waals surface area contributed by atoms with Gasteiger partial charge in [-0.15, -0.1) is 0 Å². The van der Waals surface area contributed by atoms with Crippen LogP contribution < -0.4 is 20.5 Å². The summed E-state index contributed by atoms with van der Waals surface area (Å²) in [6, 6.07) is 13.5. The number of sulfonamides is 1. The highest BCUT2D eigenvalue weighted by Crippen LogP contribution is 2.26. The predicted molar refractivity (Wildman–Crippen MR) is 113 cm³/mol. The van der Waals surface area contributed by atoms with Crippen LogP contribution in [-0.2, 0) is 16.6 Å². The SMILES string of the molecule is N#Cc1ccc(Nc2cc(NCc3cc(S(N)(=O)=O)ccc3OCC(F)(F)F)ncn2)cc1. The molecule has 0 unspecified atom stereocenters. The number of rotatable bonds is 8. The van der Waals surface area contributed by atoms with E-state index in [0.29, 0.717) is 22.9 Å². The van der Waals surface area contributed by atoms with Crippen molar-refractivity contribution in [2.45, 2.75) is 17.6 Å². The zero-order chi connectivity index (χ0) is 24.1. The Morgan fingerprint density at radius 2 is 1.76 bits per heavy atom. The number of alkyl halides is 3. The quantitative estimate of drug-likeness (QED) is 0.448. The Labute approximate surface area is 187 Å². The lowest BCUT2D eigenvalue weighted by molar-refractivity contribution is -0.153. The number of hydrogen-bond donors (Lipinski definition) is 3. The van der Waals surface area contributed by atoms with Gasteiger partial charge in [0, 0.05) is 23.9 Å². The van der Waals surface area contributed by atoms with E-state index in [0.717, 1.165) is 18.2 Å². The van der Waals surface area contributed by atoms with E-state index in [4.69, 9.17) is 15.1 Å². The highest BCUT2D eigenvalue weighted by atomic mass is 32.2. The van der Waals surface area contributed by atoms with Crippen LogP contribution in [-0.4, -0.2) is 31.2 Å². The van der Waals surface area contributed by atoms with Gasteiger partial charge in [0.1, 0.15) is 23.7 Å². The van der Waals surface area contributed by atoms with Crippen molar-refractivity contribution in [3.8, 4) is 11.8 Å². The first-order chi connectivity index (χ1) is 15.5. The molecule has 3 rings (SSSR count). The number of benzene rings is 2. The van der Waals surface area contributed by atoms with Gasteiger partial charge >= 0.3 is 6.18 Å². The lowest BCUT2D eigenvalue weighted by atomic mass is 10.2. The zero-order valence-corrected chi connectivity index (χ0v) is 17.6. The van der Waals surface area contributed by atoms with Crippen molar-refractivity contribution in [1.29, 1.82) is 5.26 Å². The fourth-order valence-electron chi connectivity index (χ4n) is 2.66. The molecule has 0 saturated carbocycles. The number of nitrogens with two attached hydrogens (primary N) is 1. The molecular weight excluding hydrogens is 461 g/mol. The molecule has 13 heteroatoms. The van der Waals surface area contributed by atoms with Crippen LogP contribution in [0.1, 0.15) is 11.1 Å². The largest absolute Gasteiger partial charge is 0.484 e. The van der Waals surface area contributed by atoms with Crippen LogP contribution in [0.3, 0.4) is 0 Å². The van der Waals surface area contributed by atoms with Crippen molar-refractivity contribution >= 4 is 27.3 Å². The third kappa shape index (κ3) is 7.06. The highest BCUT2D eigenvalue weighted by Gasteiger charge is 2.29. The second-order valence-corrected chi connectivity index (χ2v) is 8.24. The van der Waals surface area contributed by atoms with Crippen molar-refractivity contribution in [2.75, 3.05) is 17.2 Å². The van der Waals surface area contributed by atoms with Gasteiger partial charge in [0.25, 0.3) is 0 Å².